The van der Waals surface area contributed by atoms with Crippen LogP contribution in [-0.2, 0) is 0 Å². The van der Waals surface area contributed by atoms with Crippen molar-refractivity contribution in [2.45, 2.75) is 12.2 Å². The minimum atomic E-state index is -4.44. The van der Waals surface area contributed by atoms with Crippen LogP contribution < -0.4 is 14.8 Å². The highest BCUT2D eigenvalue weighted by atomic mass is 35.5. The Labute approximate surface area is 108 Å². The number of ether oxygens (including phenoxy) is 2. The number of rotatable bonds is 4. The van der Waals surface area contributed by atoms with Gasteiger partial charge in [0.2, 0.25) is 0 Å². The molecule has 0 bridgehead atoms. The molecule has 0 aliphatic heterocycles. The first-order valence-electron chi connectivity index (χ1n) is 5.01. The molecule has 0 aromatic heterocycles. The van der Waals surface area contributed by atoms with Gasteiger partial charge in [0.05, 0.1) is 14.2 Å². The third-order valence-corrected chi connectivity index (χ3v) is 2.80. The lowest BCUT2D eigenvalue weighted by Crippen LogP contribution is -2.32. The molecule has 0 amide bonds. The molecule has 1 unspecified atom stereocenters. The Morgan fingerprint density at radius 1 is 1.22 bits per heavy atom. The predicted octanol–water partition coefficient (Wildman–Crippen LogP) is 3.18. The first-order chi connectivity index (χ1) is 8.36. The van der Waals surface area contributed by atoms with Gasteiger partial charge in [0.1, 0.15) is 22.6 Å². The molecule has 0 fully saturated rings. The van der Waals surface area contributed by atoms with E-state index >= 15 is 0 Å². The van der Waals surface area contributed by atoms with Crippen molar-refractivity contribution in [2.24, 2.45) is 0 Å². The number of alkyl halides is 3. The SMILES string of the molecule is CNC(c1ccc(OC)c(Cl)c1OC)C(F)(F)F. The highest BCUT2D eigenvalue weighted by Crippen LogP contribution is 2.43. The summed E-state index contributed by atoms with van der Waals surface area (Å²) in [5.74, 6) is 0.210. The van der Waals surface area contributed by atoms with Crippen molar-refractivity contribution in [1.82, 2.24) is 5.32 Å². The van der Waals surface area contributed by atoms with E-state index in [0.717, 1.165) is 0 Å². The summed E-state index contributed by atoms with van der Waals surface area (Å²) in [7, 11) is 3.85. The quantitative estimate of drug-likeness (QED) is 0.920. The topological polar surface area (TPSA) is 30.5 Å². The molecule has 7 heteroatoms. The Kier molecular flexibility index (Phi) is 4.70. The monoisotopic (exact) mass is 283 g/mol. The molecule has 0 aliphatic rings. The maximum absolute atomic E-state index is 12.8. The van der Waals surface area contributed by atoms with E-state index < -0.39 is 12.2 Å². The Bertz CT molecular complexity index is 423. The molecule has 1 aromatic rings. The molecule has 0 heterocycles. The number of benzene rings is 1. The summed E-state index contributed by atoms with van der Waals surface area (Å²) >= 11 is 5.92. The van der Waals surface area contributed by atoms with Gasteiger partial charge in [0.15, 0.2) is 0 Å². The minimum absolute atomic E-state index is 0.0157. The molecular formula is C11H13ClF3NO2. The largest absolute Gasteiger partial charge is 0.495 e. The van der Waals surface area contributed by atoms with Crippen LogP contribution in [0.3, 0.4) is 0 Å². The molecule has 102 valence electrons. The fraction of sp³-hybridized carbons (Fsp3) is 0.455. The number of methoxy groups -OCH3 is 2. The van der Waals surface area contributed by atoms with Crippen LogP contribution in [0.5, 0.6) is 11.5 Å². The van der Waals surface area contributed by atoms with E-state index in [9.17, 15) is 13.2 Å². The molecule has 0 saturated heterocycles. The second-order valence-corrected chi connectivity index (χ2v) is 3.85. The summed E-state index contributed by atoms with van der Waals surface area (Å²) in [6.45, 7) is 0. The summed E-state index contributed by atoms with van der Waals surface area (Å²) in [6, 6.07) is 0.796. The molecular weight excluding hydrogens is 271 g/mol. The van der Waals surface area contributed by atoms with Gasteiger partial charge in [-0.1, -0.05) is 11.6 Å². The maximum atomic E-state index is 12.8. The Morgan fingerprint density at radius 3 is 2.22 bits per heavy atom. The Balaban J connectivity index is 3.36. The zero-order valence-corrected chi connectivity index (χ0v) is 10.8. The lowest BCUT2D eigenvalue weighted by Gasteiger charge is -2.23. The van der Waals surface area contributed by atoms with Gasteiger partial charge in [-0.25, -0.2) is 0 Å². The van der Waals surface area contributed by atoms with Crippen LogP contribution in [0.1, 0.15) is 11.6 Å². The molecule has 0 radical (unpaired) electrons. The van der Waals surface area contributed by atoms with Crippen LogP contribution in [0.2, 0.25) is 5.02 Å². The van der Waals surface area contributed by atoms with Crippen LogP contribution in [0.25, 0.3) is 0 Å². The fourth-order valence-corrected chi connectivity index (χ4v) is 1.97. The van der Waals surface area contributed by atoms with E-state index in [2.05, 4.69) is 5.32 Å². The molecule has 1 aromatic carbocycles. The summed E-state index contributed by atoms with van der Waals surface area (Å²) in [5, 5.41) is 2.21. The van der Waals surface area contributed by atoms with E-state index in [1.165, 1.54) is 33.4 Å². The number of hydrogen-bond acceptors (Lipinski definition) is 3. The molecule has 1 N–H and O–H groups in total. The number of hydrogen-bond donors (Lipinski definition) is 1. The van der Waals surface area contributed by atoms with Crippen molar-refractivity contribution in [3.8, 4) is 11.5 Å². The average Bonchev–Trinajstić information content (AvgIpc) is 2.28. The third-order valence-electron chi connectivity index (χ3n) is 2.44. The maximum Gasteiger partial charge on any atom is 0.408 e. The van der Waals surface area contributed by atoms with Crippen molar-refractivity contribution in [1.29, 1.82) is 0 Å². The molecule has 1 rings (SSSR count). The smallest absolute Gasteiger partial charge is 0.408 e. The predicted molar refractivity (Wildman–Crippen MR) is 62.4 cm³/mol. The van der Waals surface area contributed by atoms with Crippen LogP contribution in [0.4, 0.5) is 13.2 Å². The Hall–Kier alpha value is -1.14. The van der Waals surface area contributed by atoms with Crippen molar-refractivity contribution >= 4 is 11.6 Å². The van der Waals surface area contributed by atoms with E-state index in [4.69, 9.17) is 21.1 Å². The highest BCUT2D eigenvalue weighted by molar-refractivity contribution is 6.33. The molecule has 3 nitrogen and oxygen atoms in total. The van der Waals surface area contributed by atoms with Crippen LogP contribution >= 0.6 is 11.6 Å². The second kappa shape index (κ2) is 5.67. The second-order valence-electron chi connectivity index (χ2n) is 3.47. The van der Waals surface area contributed by atoms with Gasteiger partial charge in [-0.3, -0.25) is 0 Å². The Morgan fingerprint density at radius 2 is 1.83 bits per heavy atom. The van der Waals surface area contributed by atoms with Crippen LogP contribution in [-0.4, -0.2) is 27.4 Å². The van der Waals surface area contributed by atoms with E-state index in [-0.39, 0.29) is 22.1 Å². The standard InChI is InChI=1S/C11H13ClF3NO2/c1-16-10(11(13,14)15)6-4-5-7(17-2)8(12)9(6)18-3/h4-5,10,16H,1-3H3. The van der Waals surface area contributed by atoms with Crippen molar-refractivity contribution in [3.05, 3.63) is 22.7 Å². The fourth-order valence-electron chi connectivity index (χ4n) is 1.64. The molecule has 1 atom stereocenters. The highest BCUT2D eigenvalue weighted by Gasteiger charge is 2.41. The summed E-state index contributed by atoms with van der Waals surface area (Å²) < 4.78 is 48.4. The zero-order chi connectivity index (χ0) is 13.9. The van der Waals surface area contributed by atoms with Gasteiger partial charge in [-0.05, 0) is 19.2 Å². The average molecular weight is 284 g/mol. The number of nitrogens with one attached hydrogen (secondary N) is 1. The molecule has 0 aliphatic carbocycles. The first kappa shape index (κ1) is 14.9. The van der Waals surface area contributed by atoms with Crippen molar-refractivity contribution in [2.75, 3.05) is 21.3 Å². The summed E-state index contributed by atoms with van der Waals surface area (Å²) in [5.41, 5.74) is -0.0849. The van der Waals surface area contributed by atoms with Gasteiger partial charge in [0.25, 0.3) is 0 Å². The van der Waals surface area contributed by atoms with E-state index in [0.29, 0.717) is 0 Å². The normalized spacial score (nSPS) is 13.3. The summed E-state index contributed by atoms with van der Waals surface area (Å²) in [6.07, 6.45) is -4.44. The molecule has 0 spiro atoms. The summed E-state index contributed by atoms with van der Waals surface area (Å²) in [4.78, 5) is 0. The lowest BCUT2D eigenvalue weighted by atomic mass is 10.0. The zero-order valence-electron chi connectivity index (χ0n) is 10.1. The van der Waals surface area contributed by atoms with E-state index in [1.807, 2.05) is 0 Å². The minimum Gasteiger partial charge on any atom is -0.495 e. The van der Waals surface area contributed by atoms with Gasteiger partial charge in [-0.15, -0.1) is 0 Å². The van der Waals surface area contributed by atoms with Crippen LogP contribution in [0, 0.1) is 0 Å². The van der Waals surface area contributed by atoms with Gasteiger partial charge >= 0.3 is 6.18 Å². The van der Waals surface area contributed by atoms with Crippen LogP contribution in [0.15, 0.2) is 12.1 Å². The molecule has 0 saturated carbocycles. The number of halogens is 4. The first-order valence-corrected chi connectivity index (χ1v) is 5.39. The lowest BCUT2D eigenvalue weighted by molar-refractivity contribution is -0.156. The van der Waals surface area contributed by atoms with Gasteiger partial charge in [-0.2, -0.15) is 13.2 Å². The molecule has 18 heavy (non-hydrogen) atoms. The van der Waals surface area contributed by atoms with E-state index in [1.54, 1.807) is 0 Å². The van der Waals surface area contributed by atoms with Crippen molar-refractivity contribution in [3.63, 3.8) is 0 Å². The van der Waals surface area contributed by atoms with Gasteiger partial charge in [0, 0.05) is 5.56 Å². The van der Waals surface area contributed by atoms with Crippen molar-refractivity contribution < 1.29 is 22.6 Å². The third kappa shape index (κ3) is 2.81. The van der Waals surface area contributed by atoms with Gasteiger partial charge < -0.3 is 14.8 Å².